The third-order valence-corrected chi connectivity index (χ3v) is 4.62. The van der Waals surface area contributed by atoms with E-state index in [9.17, 15) is 23.3 Å². The number of phenolic OH excluding ortho intramolecular Hbond substituents is 1. The molecular formula is C14H14FN5O4S. The largest absolute Gasteiger partial charge is 0.506 e. The lowest BCUT2D eigenvalue weighted by atomic mass is 10.1. The highest BCUT2D eigenvalue weighted by atomic mass is 32.2. The number of amides is 2. The van der Waals surface area contributed by atoms with Crippen LogP contribution in [-0.2, 0) is 16.0 Å². The van der Waals surface area contributed by atoms with Crippen molar-refractivity contribution >= 4 is 28.8 Å². The average Bonchev–Trinajstić information content (AvgIpc) is 3.14. The highest BCUT2D eigenvalue weighted by Gasteiger charge is 2.32. The molecule has 2 aromatic rings. The Morgan fingerprint density at radius 1 is 1.44 bits per heavy atom. The van der Waals surface area contributed by atoms with Crippen LogP contribution in [0.2, 0.25) is 0 Å². The molecule has 1 atom stereocenters. The second-order valence-corrected chi connectivity index (χ2v) is 6.60. The predicted octanol–water partition coefficient (Wildman–Crippen LogP) is 0.439. The van der Waals surface area contributed by atoms with Crippen molar-refractivity contribution in [2.75, 3.05) is 24.9 Å². The van der Waals surface area contributed by atoms with E-state index in [4.69, 9.17) is 0 Å². The molecule has 9 nitrogen and oxygen atoms in total. The Balaban J connectivity index is 2.05. The Hall–Kier alpha value is -2.95. The number of carbonyl (C=O) groups is 2. The molecule has 1 fully saturated rings. The second-order valence-electron chi connectivity index (χ2n) is 5.46. The fourth-order valence-electron chi connectivity index (χ4n) is 2.32. The van der Waals surface area contributed by atoms with Crippen LogP contribution in [0.3, 0.4) is 0 Å². The topological polar surface area (TPSA) is 108 Å². The number of hydrogen-bond acceptors (Lipinski definition) is 5. The Labute approximate surface area is 144 Å². The molecule has 1 unspecified atom stereocenters. The van der Waals surface area contributed by atoms with Crippen LogP contribution in [0.15, 0.2) is 24.5 Å². The molecule has 25 heavy (non-hydrogen) atoms. The first-order valence-electron chi connectivity index (χ1n) is 7.06. The minimum absolute atomic E-state index is 0.0435. The van der Waals surface area contributed by atoms with E-state index in [1.54, 1.807) is 14.1 Å². The maximum atomic E-state index is 14.9. The van der Waals surface area contributed by atoms with Crippen LogP contribution >= 0.6 is 0 Å². The third kappa shape index (κ3) is 2.93. The van der Waals surface area contributed by atoms with Gasteiger partial charge in [0, 0.05) is 31.4 Å². The molecule has 0 bridgehead atoms. The van der Waals surface area contributed by atoms with E-state index in [0.717, 1.165) is 8.99 Å². The van der Waals surface area contributed by atoms with Gasteiger partial charge in [0.05, 0.1) is 6.20 Å². The number of aromatic hydroxyl groups is 1. The normalized spacial score (nSPS) is 16.8. The standard InChI is InChI=1S/C14H14FN5O4S/c1-18(2)14(23)19-6-8(5-16-19)9-3-4-10(21)13(12(9)15)20-7-11(22)17-25(20)24/h3-6,21H,7H2,1-2H3,(H,17,22). The highest BCUT2D eigenvalue weighted by Crippen LogP contribution is 2.37. The van der Waals surface area contributed by atoms with Crippen LogP contribution < -0.4 is 9.03 Å². The summed E-state index contributed by atoms with van der Waals surface area (Å²) in [6.45, 7) is -0.348. The van der Waals surface area contributed by atoms with Gasteiger partial charge in [0.15, 0.2) is 5.82 Å². The van der Waals surface area contributed by atoms with Crippen molar-refractivity contribution in [3.8, 4) is 16.9 Å². The molecule has 1 aliphatic rings. The molecule has 0 saturated carbocycles. The van der Waals surface area contributed by atoms with Crippen molar-refractivity contribution in [1.82, 2.24) is 19.4 Å². The molecule has 2 N–H and O–H groups in total. The van der Waals surface area contributed by atoms with Crippen LogP contribution in [0.25, 0.3) is 11.1 Å². The van der Waals surface area contributed by atoms with Gasteiger partial charge < -0.3 is 10.0 Å². The zero-order chi connectivity index (χ0) is 18.3. The summed E-state index contributed by atoms with van der Waals surface area (Å²) in [7, 11) is 3.10. The number of hydrogen-bond donors (Lipinski definition) is 2. The summed E-state index contributed by atoms with van der Waals surface area (Å²) in [5, 5.41) is 13.8. The van der Waals surface area contributed by atoms with Crippen LogP contribution in [0.1, 0.15) is 0 Å². The summed E-state index contributed by atoms with van der Waals surface area (Å²) in [4.78, 5) is 24.5. The molecule has 1 saturated heterocycles. The number of carbonyl (C=O) groups excluding carboxylic acids is 2. The Bertz CT molecular complexity index is 897. The van der Waals surface area contributed by atoms with E-state index < -0.39 is 34.7 Å². The van der Waals surface area contributed by atoms with Gasteiger partial charge in [-0.1, -0.05) is 0 Å². The minimum atomic E-state index is -1.98. The number of nitrogens with zero attached hydrogens (tertiary/aromatic N) is 4. The van der Waals surface area contributed by atoms with Crippen LogP contribution in [0.4, 0.5) is 14.9 Å². The van der Waals surface area contributed by atoms with Gasteiger partial charge in [-0.05, 0) is 12.1 Å². The van der Waals surface area contributed by atoms with Gasteiger partial charge in [0.25, 0.3) is 5.91 Å². The smallest absolute Gasteiger partial charge is 0.344 e. The van der Waals surface area contributed by atoms with Crippen LogP contribution in [0.5, 0.6) is 5.75 Å². The first kappa shape index (κ1) is 16.9. The Morgan fingerprint density at radius 2 is 2.16 bits per heavy atom. The van der Waals surface area contributed by atoms with Crippen molar-refractivity contribution in [3.63, 3.8) is 0 Å². The summed E-state index contributed by atoms with van der Waals surface area (Å²) in [6.07, 6.45) is 2.64. The molecule has 11 heteroatoms. The molecule has 0 radical (unpaired) electrons. The maximum absolute atomic E-state index is 14.9. The number of rotatable bonds is 2. The molecule has 3 rings (SSSR count). The van der Waals surface area contributed by atoms with Crippen LogP contribution in [0, 0.1) is 5.82 Å². The van der Waals surface area contributed by atoms with Crippen LogP contribution in [-0.4, -0.2) is 56.6 Å². The number of phenols is 1. The quantitative estimate of drug-likeness (QED) is 0.801. The molecule has 2 heterocycles. The number of anilines is 1. The van der Waals surface area contributed by atoms with Crippen molar-refractivity contribution in [2.45, 2.75) is 0 Å². The molecular weight excluding hydrogens is 353 g/mol. The summed E-state index contributed by atoms with van der Waals surface area (Å²) >= 11 is -1.98. The van der Waals surface area contributed by atoms with Crippen molar-refractivity contribution in [3.05, 3.63) is 30.3 Å². The fraction of sp³-hybridized carbons (Fsp3) is 0.214. The highest BCUT2D eigenvalue weighted by molar-refractivity contribution is 7.85. The SMILES string of the molecule is CN(C)C(=O)n1cc(-c2ccc(O)c(N3CC(=O)NS3=O)c2F)cn1. The van der Waals surface area contributed by atoms with E-state index in [1.807, 2.05) is 0 Å². The number of aromatic nitrogens is 2. The molecule has 0 aliphatic carbocycles. The van der Waals surface area contributed by atoms with Gasteiger partial charge in [-0.25, -0.2) is 13.4 Å². The first-order chi connectivity index (χ1) is 11.8. The van der Waals surface area contributed by atoms with E-state index in [1.165, 1.54) is 29.4 Å². The summed E-state index contributed by atoms with van der Waals surface area (Å²) in [5.74, 6) is -1.88. The van der Waals surface area contributed by atoms with Gasteiger partial charge in [0.2, 0.25) is 11.2 Å². The monoisotopic (exact) mass is 367 g/mol. The first-order valence-corrected chi connectivity index (χ1v) is 8.17. The van der Waals surface area contributed by atoms with Crippen molar-refractivity contribution < 1.29 is 23.3 Å². The minimum Gasteiger partial charge on any atom is -0.506 e. The Morgan fingerprint density at radius 3 is 2.76 bits per heavy atom. The lowest BCUT2D eigenvalue weighted by molar-refractivity contribution is -0.117. The zero-order valence-electron chi connectivity index (χ0n) is 13.3. The lowest BCUT2D eigenvalue weighted by Gasteiger charge is -2.17. The van der Waals surface area contributed by atoms with E-state index in [-0.39, 0.29) is 17.8 Å². The van der Waals surface area contributed by atoms with Crippen molar-refractivity contribution in [2.24, 2.45) is 0 Å². The molecule has 0 spiro atoms. The third-order valence-electron chi connectivity index (χ3n) is 3.50. The van der Waals surface area contributed by atoms with Gasteiger partial charge in [-0.3, -0.25) is 13.8 Å². The summed E-state index contributed by atoms with van der Waals surface area (Å²) in [6, 6.07) is 2.11. The van der Waals surface area contributed by atoms with E-state index in [2.05, 4.69) is 9.82 Å². The molecule has 1 aromatic carbocycles. The van der Waals surface area contributed by atoms with Gasteiger partial charge in [-0.2, -0.15) is 9.78 Å². The number of halogens is 1. The Kier molecular flexibility index (Phi) is 4.17. The van der Waals surface area contributed by atoms with Gasteiger partial charge >= 0.3 is 6.03 Å². The molecule has 1 aliphatic heterocycles. The summed E-state index contributed by atoms with van der Waals surface area (Å²) < 4.78 is 30.9. The zero-order valence-corrected chi connectivity index (χ0v) is 14.1. The molecule has 2 amide bonds. The predicted molar refractivity (Wildman–Crippen MR) is 87.4 cm³/mol. The number of benzene rings is 1. The average molecular weight is 367 g/mol. The maximum Gasteiger partial charge on any atom is 0.344 e. The molecule has 132 valence electrons. The van der Waals surface area contributed by atoms with Crippen molar-refractivity contribution in [1.29, 1.82) is 0 Å². The van der Waals surface area contributed by atoms with E-state index in [0.29, 0.717) is 5.56 Å². The van der Waals surface area contributed by atoms with Gasteiger partial charge in [-0.15, -0.1) is 0 Å². The van der Waals surface area contributed by atoms with Gasteiger partial charge in [0.1, 0.15) is 18.0 Å². The lowest BCUT2D eigenvalue weighted by Crippen LogP contribution is -2.27. The summed E-state index contributed by atoms with van der Waals surface area (Å²) in [5.41, 5.74) is -0.0268. The number of nitrogens with one attached hydrogen (secondary N) is 1. The second kappa shape index (κ2) is 6.16. The fourth-order valence-corrected chi connectivity index (χ4v) is 3.27. The van der Waals surface area contributed by atoms with E-state index >= 15 is 0 Å². The molecule has 1 aromatic heterocycles.